The molecule has 9 heteroatoms. The van der Waals surface area contributed by atoms with Gasteiger partial charge in [0, 0.05) is 6.42 Å². The number of nitrogens with zero attached hydrogens (tertiary/aromatic N) is 2. The fourth-order valence-electron chi connectivity index (χ4n) is 3.08. The Labute approximate surface area is 160 Å². The Morgan fingerprint density at radius 3 is 2.46 bits per heavy atom. The van der Waals surface area contributed by atoms with Gasteiger partial charge in [-0.1, -0.05) is 6.07 Å². The van der Waals surface area contributed by atoms with Gasteiger partial charge in [-0.05, 0) is 39.3 Å². The smallest absolute Gasteiger partial charge is 0.312 e. The van der Waals surface area contributed by atoms with E-state index in [1.165, 1.54) is 12.1 Å². The maximum Gasteiger partial charge on any atom is 0.312 e. The average Bonchev–Trinajstić information content (AvgIpc) is 2.86. The van der Waals surface area contributed by atoms with Gasteiger partial charge in [-0.2, -0.15) is 0 Å². The second-order valence-corrected chi connectivity index (χ2v) is 7.67. The highest BCUT2D eigenvalue weighted by Gasteiger charge is 2.48. The van der Waals surface area contributed by atoms with Crippen molar-refractivity contribution >= 4 is 29.6 Å². The van der Waals surface area contributed by atoms with Gasteiger partial charge in [-0.15, -0.1) is 0 Å². The number of halogens is 1. The molecule has 28 heavy (non-hydrogen) atoms. The van der Waals surface area contributed by atoms with Crippen LogP contribution in [0.15, 0.2) is 18.2 Å². The van der Waals surface area contributed by atoms with E-state index in [-0.39, 0.29) is 24.0 Å². The number of piperidine rings is 1. The summed E-state index contributed by atoms with van der Waals surface area (Å²) in [7, 11) is 0. The van der Waals surface area contributed by atoms with Gasteiger partial charge in [0.1, 0.15) is 11.9 Å². The number of likely N-dealkylation sites (tertiary alicyclic amines) is 1. The molecule has 148 valence electrons. The SMILES string of the molecule is CC(C)(C)C(=O)OCN1C(=O)CCC(N2C(=O)c3cccc(F)c3C2=O)C1=O. The predicted octanol–water partition coefficient (Wildman–Crippen LogP) is 1.49. The summed E-state index contributed by atoms with van der Waals surface area (Å²) in [5.41, 5.74) is -1.34. The van der Waals surface area contributed by atoms with Crippen molar-refractivity contribution in [1.29, 1.82) is 0 Å². The molecule has 1 saturated heterocycles. The average molecular weight is 390 g/mol. The van der Waals surface area contributed by atoms with E-state index < -0.39 is 53.6 Å². The van der Waals surface area contributed by atoms with Crippen molar-refractivity contribution in [2.24, 2.45) is 5.41 Å². The number of imide groups is 2. The molecule has 1 atom stereocenters. The van der Waals surface area contributed by atoms with Gasteiger partial charge in [-0.3, -0.25) is 28.9 Å². The molecular weight excluding hydrogens is 371 g/mol. The van der Waals surface area contributed by atoms with Crippen LogP contribution in [0.25, 0.3) is 0 Å². The van der Waals surface area contributed by atoms with Gasteiger partial charge in [0.15, 0.2) is 6.73 Å². The number of ether oxygens (including phenoxy) is 1. The summed E-state index contributed by atoms with van der Waals surface area (Å²) in [6.07, 6.45) is -0.201. The first-order valence-electron chi connectivity index (χ1n) is 8.72. The van der Waals surface area contributed by atoms with E-state index in [1.807, 2.05) is 0 Å². The third-order valence-corrected chi connectivity index (χ3v) is 4.63. The second-order valence-electron chi connectivity index (χ2n) is 7.67. The summed E-state index contributed by atoms with van der Waals surface area (Å²) in [4.78, 5) is 63.4. The van der Waals surface area contributed by atoms with Crippen LogP contribution in [0.2, 0.25) is 0 Å². The molecule has 2 aliphatic heterocycles. The van der Waals surface area contributed by atoms with E-state index in [9.17, 15) is 28.4 Å². The second kappa shape index (κ2) is 6.81. The molecule has 1 unspecified atom stereocenters. The van der Waals surface area contributed by atoms with Crippen molar-refractivity contribution in [3.05, 3.63) is 35.1 Å². The minimum Gasteiger partial charge on any atom is -0.443 e. The van der Waals surface area contributed by atoms with Crippen LogP contribution in [0.3, 0.4) is 0 Å². The van der Waals surface area contributed by atoms with Crippen molar-refractivity contribution < 1.29 is 33.1 Å². The maximum absolute atomic E-state index is 14.0. The van der Waals surface area contributed by atoms with Crippen LogP contribution in [-0.4, -0.2) is 52.2 Å². The fraction of sp³-hybridized carbons (Fsp3) is 0.421. The third kappa shape index (κ3) is 3.17. The lowest BCUT2D eigenvalue weighted by atomic mass is 9.97. The number of fused-ring (bicyclic) bond motifs is 1. The number of esters is 1. The molecule has 1 aromatic rings. The summed E-state index contributed by atoms with van der Waals surface area (Å²) < 4.78 is 19.0. The van der Waals surface area contributed by atoms with Crippen LogP contribution < -0.4 is 0 Å². The van der Waals surface area contributed by atoms with Crippen LogP contribution in [0.4, 0.5) is 4.39 Å². The lowest BCUT2D eigenvalue weighted by Crippen LogP contribution is -2.56. The minimum atomic E-state index is -1.27. The Kier molecular flexibility index (Phi) is 4.78. The maximum atomic E-state index is 14.0. The molecule has 0 spiro atoms. The standard InChI is InChI=1S/C19H19FN2O6/c1-19(2,3)18(27)28-9-21-13(23)8-7-12(16(21)25)22-15(24)10-5-4-6-11(20)14(10)17(22)26/h4-6,12H,7-9H2,1-3H3. The normalized spacial score (nSPS) is 19.9. The number of carbonyl (C=O) groups is 5. The van der Waals surface area contributed by atoms with Crippen molar-refractivity contribution in [1.82, 2.24) is 9.80 Å². The molecule has 4 amide bonds. The van der Waals surface area contributed by atoms with E-state index in [2.05, 4.69) is 0 Å². The summed E-state index contributed by atoms with van der Waals surface area (Å²) in [5, 5.41) is 0. The highest BCUT2D eigenvalue weighted by Crippen LogP contribution is 2.30. The monoisotopic (exact) mass is 390 g/mol. The number of hydrogen-bond donors (Lipinski definition) is 0. The predicted molar refractivity (Wildman–Crippen MR) is 92.2 cm³/mol. The van der Waals surface area contributed by atoms with Crippen LogP contribution in [0.1, 0.15) is 54.3 Å². The van der Waals surface area contributed by atoms with Crippen LogP contribution >= 0.6 is 0 Å². The van der Waals surface area contributed by atoms with Crippen LogP contribution in [0, 0.1) is 11.2 Å². The molecule has 0 aromatic heterocycles. The van der Waals surface area contributed by atoms with E-state index in [1.54, 1.807) is 20.8 Å². The first-order chi connectivity index (χ1) is 13.0. The van der Waals surface area contributed by atoms with Gasteiger partial charge < -0.3 is 4.74 Å². The first kappa shape index (κ1) is 19.7. The molecule has 2 heterocycles. The number of hydrogen-bond acceptors (Lipinski definition) is 6. The molecular formula is C19H19FN2O6. The zero-order valence-corrected chi connectivity index (χ0v) is 15.7. The lowest BCUT2D eigenvalue weighted by molar-refractivity contribution is -0.168. The Bertz CT molecular complexity index is 904. The van der Waals surface area contributed by atoms with Crippen molar-refractivity contribution in [3.63, 3.8) is 0 Å². The molecule has 2 aliphatic rings. The van der Waals surface area contributed by atoms with E-state index in [0.29, 0.717) is 9.80 Å². The number of carbonyl (C=O) groups excluding carboxylic acids is 5. The largest absolute Gasteiger partial charge is 0.443 e. The fourth-order valence-corrected chi connectivity index (χ4v) is 3.08. The zero-order chi connectivity index (χ0) is 20.8. The minimum absolute atomic E-state index is 0.0749. The Morgan fingerprint density at radius 2 is 1.86 bits per heavy atom. The summed E-state index contributed by atoms with van der Waals surface area (Å²) >= 11 is 0. The molecule has 0 aliphatic carbocycles. The van der Waals surface area contributed by atoms with Crippen LogP contribution in [-0.2, 0) is 19.1 Å². The number of benzene rings is 1. The molecule has 0 bridgehead atoms. The first-order valence-corrected chi connectivity index (χ1v) is 8.72. The molecule has 0 radical (unpaired) electrons. The third-order valence-electron chi connectivity index (χ3n) is 4.63. The van der Waals surface area contributed by atoms with Crippen LogP contribution in [0.5, 0.6) is 0 Å². The van der Waals surface area contributed by atoms with Gasteiger partial charge in [0.05, 0.1) is 16.5 Å². The molecule has 3 rings (SSSR count). The van der Waals surface area contributed by atoms with Gasteiger partial charge in [0.2, 0.25) is 5.91 Å². The van der Waals surface area contributed by atoms with E-state index in [4.69, 9.17) is 4.74 Å². The summed E-state index contributed by atoms with van der Waals surface area (Å²) in [6, 6.07) is 2.39. The topological polar surface area (TPSA) is 101 Å². The molecule has 0 N–H and O–H groups in total. The molecule has 1 fully saturated rings. The summed E-state index contributed by atoms with van der Waals surface area (Å²) in [6.45, 7) is 4.24. The van der Waals surface area contributed by atoms with Gasteiger partial charge >= 0.3 is 5.97 Å². The summed E-state index contributed by atoms with van der Waals surface area (Å²) in [5.74, 6) is -4.60. The van der Waals surface area contributed by atoms with Crippen molar-refractivity contribution in [3.8, 4) is 0 Å². The Hall–Kier alpha value is -3.10. The Morgan fingerprint density at radius 1 is 1.18 bits per heavy atom. The zero-order valence-electron chi connectivity index (χ0n) is 15.7. The molecule has 0 saturated carbocycles. The van der Waals surface area contributed by atoms with Gasteiger partial charge in [-0.25, -0.2) is 9.29 Å². The molecule has 8 nitrogen and oxygen atoms in total. The quantitative estimate of drug-likeness (QED) is 0.572. The number of rotatable bonds is 3. The molecule has 1 aromatic carbocycles. The number of amides is 4. The highest BCUT2D eigenvalue weighted by molar-refractivity contribution is 6.23. The van der Waals surface area contributed by atoms with Gasteiger partial charge in [0.25, 0.3) is 17.7 Å². The lowest BCUT2D eigenvalue weighted by Gasteiger charge is -2.34. The van der Waals surface area contributed by atoms with Crippen molar-refractivity contribution in [2.45, 2.75) is 39.7 Å². The van der Waals surface area contributed by atoms with Crippen molar-refractivity contribution in [2.75, 3.05) is 6.73 Å². The highest BCUT2D eigenvalue weighted by atomic mass is 19.1. The van der Waals surface area contributed by atoms with E-state index >= 15 is 0 Å². The van der Waals surface area contributed by atoms with E-state index in [0.717, 1.165) is 6.07 Å². The Balaban J connectivity index is 1.82.